The fourth-order valence-corrected chi connectivity index (χ4v) is 2.38. The van der Waals surface area contributed by atoms with Crippen LogP contribution in [0.2, 0.25) is 0 Å². The molecule has 0 radical (unpaired) electrons. The van der Waals surface area contributed by atoms with Gasteiger partial charge in [-0.3, -0.25) is 0 Å². The fourth-order valence-electron chi connectivity index (χ4n) is 2.38. The van der Waals surface area contributed by atoms with Crippen LogP contribution in [0.15, 0.2) is 18.2 Å². The van der Waals surface area contributed by atoms with Crippen molar-refractivity contribution in [2.45, 2.75) is 71.8 Å². The summed E-state index contributed by atoms with van der Waals surface area (Å²) in [6, 6.07) is 6.30. The zero-order valence-corrected chi connectivity index (χ0v) is 13.5. The van der Waals surface area contributed by atoms with E-state index in [2.05, 4.69) is 32.0 Å². The summed E-state index contributed by atoms with van der Waals surface area (Å²) in [7, 11) is 0. The van der Waals surface area contributed by atoms with Gasteiger partial charge < -0.3 is 10.5 Å². The quantitative estimate of drug-likeness (QED) is 0.601. The van der Waals surface area contributed by atoms with Crippen LogP contribution < -0.4 is 10.5 Å². The molecule has 2 nitrogen and oxygen atoms in total. The zero-order valence-electron chi connectivity index (χ0n) is 13.5. The Balaban J connectivity index is 2.26. The highest BCUT2D eigenvalue weighted by Gasteiger charge is 2.08. The van der Waals surface area contributed by atoms with E-state index < -0.39 is 0 Å². The van der Waals surface area contributed by atoms with E-state index in [0.29, 0.717) is 0 Å². The molecule has 0 saturated carbocycles. The lowest BCUT2D eigenvalue weighted by atomic mass is 10.1. The van der Waals surface area contributed by atoms with Crippen molar-refractivity contribution in [3.63, 3.8) is 0 Å². The molecule has 0 aromatic heterocycles. The molecule has 0 bridgehead atoms. The van der Waals surface area contributed by atoms with E-state index in [9.17, 15) is 0 Å². The minimum atomic E-state index is 0.0274. The van der Waals surface area contributed by atoms with Gasteiger partial charge in [0.2, 0.25) is 0 Å². The van der Waals surface area contributed by atoms with E-state index in [4.69, 9.17) is 10.5 Å². The third kappa shape index (κ3) is 6.42. The number of ether oxygens (including phenoxy) is 1. The number of hydrogen-bond acceptors (Lipinski definition) is 2. The predicted octanol–water partition coefficient (Wildman–Crippen LogP) is 5.14. The molecule has 0 fully saturated rings. The van der Waals surface area contributed by atoms with Crippen molar-refractivity contribution in [2.75, 3.05) is 6.61 Å². The summed E-state index contributed by atoms with van der Waals surface area (Å²) in [6.07, 6.45) is 9.17. The van der Waals surface area contributed by atoms with E-state index in [0.717, 1.165) is 24.3 Å². The predicted molar refractivity (Wildman–Crippen MR) is 87.3 cm³/mol. The molecule has 20 heavy (non-hydrogen) atoms. The monoisotopic (exact) mass is 277 g/mol. The molecule has 0 heterocycles. The first kappa shape index (κ1) is 17.0. The van der Waals surface area contributed by atoms with Crippen LogP contribution in [0.3, 0.4) is 0 Å². The number of rotatable bonds is 10. The molecular formula is C18H31NO. The standard InChI is InChI=1S/C18H31NO/c1-4-5-6-7-8-9-10-13-20-18-14-15(2)11-12-17(18)16(3)19/h11-12,14,16H,4-10,13,19H2,1-3H3. The Morgan fingerprint density at radius 2 is 1.70 bits per heavy atom. The third-order valence-electron chi connectivity index (χ3n) is 3.67. The maximum Gasteiger partial charge on any atom is 0.124 e. The van der Waals surface area contributed by atoms with Crippen molar-refractivity contribution in [3.05, 3.63) is 29.3 Å². The van der Waals surface area contributed by atoms with Gasteiger partial charge in [0.1, 0.15) is 5.75 Å². The molecule has 1 aromatic carbocycles. The summed E-state index contributed by atoms with van der Waals surface area (Å²) in [5, 5.41) is 0. The van der Waals surface area contributed by atoms with Crippen molar-refractivity contribution < 1.29 is 4.74 Å². The van der Waals surface area contributed by atoms with E-state index in [1.807, 2.05) is 6.92 Å². The van der Waals surface area contributed by atoms with Gasteiger partial charge in [-0.1, -0.05) is 57.6 Å². The van der Waals surface area contributed by atoms with Crippen LogP contribution >= 0.6 is 0 Å². The van der Waals surface area contributed by atoms with Crippen LogP contribution in [0.1, 0.15) is 76.0 Å². The van der Waals surface area contributed by atoms with E-state index in [1.54, 1.807) is 0 Å². The SMILES string of the molecule is CCCCCCCCCOc1cc(C)ccc1C(C)N. The molecule has 1 aromatic rings. The molecule has 1 rings (SSSR count). The first-order valence-electron chi connectivity index (χ1n) is 8.14. The Bertz CT molecular complexity index is 374. The summed E-state index contributed by atoms with van der Waals surface area (Å²) in [5.41, 5.74) is 8.32. The summed E-state index contributed by atoms with van der Waals surface area (Å²) < 4.78 is 5.93. The van der Waals surface area contributed by atoms with E-state index in [-0.39, 0.29) is 6.04 Å². The van der Waals surface area contributed by atoms with Gasteiger partial charge in [0.05, 0.1) is 6.61 Å². The maximum atomic E-state index is 5.98. The first-order valence-corrected chi connectivity index (χ1v) is 8.14. The second-order valence-electron chi connectivity index (χ2n) is 5.80. The molecule has 1 atom stereocenters. The second kappa shape index (κ2) is 9.82. The van der Waals surface area contributed by atoms with Gasteiger partial charge in [-0.15, -0.1) is 0 Å². The van der Waals surface area contributed by atoms with Crippen molar-refractivity contribution in [2.24, 2.45) is 5.73 Å². The van der Waals surface area contributed by atoms with Gasteiger partial charge in [0.15, 0.2) is 0 Å². The number of unbranched alkanes of at least 4 members (excludes halogenated alkanes) is 6. The lowest BCUT2D eigenvalue weighted by Crippen LogP contribution is -2.09. The summed E-state index contributed by atoms with van der Waals surface area (Å²) in [5.74, 6) is 0.964. The largest absolute Gasteiger partial charge is 0.493 e. The number of benzene rings is 1. The molecule has 0 aliphatic rings. The maximum absolute atomic E-state index is 5.98. The molecule has 2 heteroatoms. The summed E-state index contributed by atoms with van der Waals surface area (Å²) >= 11 is 0. The van der Waals surface area contributed by atoms with Gasteiger partial charge in [0.25, 0.3) is 0 Å². The van der Waals surface area contributed by atoms with Gasteiger partial charge in [0, 0.05) is 11.6 Å². The average Bonchev–Trinajstić information content (AvgIpc) is 2.41. The smallest absolute Gasteiger partial charge is 0.124 e. The van der Waals surface area contributed by atoms with Crippen molar-refractivity contribution in [3.8, 4) is 5.75 Å². The topological polar surface area (TPSA) is 35.2 Å². The Hall–Kier alpha value is -1.02. The molecule has 0 spiro atoms. The van der Waals surface area contributed by atoms with Crippen molar-refractivity contribution in [1.82, 2.24) is 0 Å². The van der Waals surface area contributed by atoms with Crippen molar-refractivity contribution >= 4 is 0 Å². The summed E-state index contributed by atoms with van der Waals surface area (Å²) in [4.78, 5) is 0. The van der Waals surface area contributed by atoms with Gasteiger partial charge >= 0.3 is 0 Å². The Morgan fingerprint density at radius 1 is 1.05 bits per heavy atom. The Labute approximate surface area is 124 Å². The van der Waals surface area contributed by atoms with Crippen LogP contribution in [-0.2, 0) is 0 Å². The first-order chi connectivity index (χ1) is 9.65. The van der Waals surface area contributed by atoms with Crippen LogP contribution in [0.5, 0.6) is 5.75 Å². The lowest BCUT2D eigenvalue weighted by molar-refractivity contribution is 0.300. The number of hydrogen-bond donors (Lipinski definition) is 1. The highest BCUT2D eigenvalue weighted by molar-refractivity contribution is 5.38. The average molecular weight is 277 g/mol. The lowest BCUT2D eigenvalue weighted by Gasteiger charge is -2.14. The molecule has 0 aliphatic heterocycles. The molecule has 1 unspecified atom stereocenters. The van der Waals surface area contributed by atoms with Gasteiger partial charge in [-0.2, -0.15) is 0 Å². The van der Waals surface area contributed by atoms with Crippen molar-refractivity contribution in [1.29, 1.82) is 0 Å². The van der Waals surface area contributed by atoms with Gasteiger partial charge in [-0.05, 0) is 31.9 Å². The number of aryl methyl sites for hydroxylation is 1. The van der Waals surface area contributed by atoms with E-state index >= 15 is 0 Å². The van der Waals surface area contributed by atoms with E-state index in [1.165, 1.54) is 44.1 Å². The van der Waals surface area contributed by atoms with Crippen LogP contribution in [0.25, 0.3) is 0 Å². The van der Waals surface area contributed by atoms with Gasteiger partial charge in [-0.25, -0.2) is 0 Å². The minimum absolute atomic E-state index is 0.0274. The molecule has 0 aliphatic carbocycles. The van der Waals surface area contributed by atoms with Crippen LogP contribution in [0, 0.1) is 6.92 Å². The molecule has 0 saturated heterocycles. The fraction of sp³-hybridized carbons (Fsp3) is 0.667. The highest BCUT2D eigenvalue weighted by Crippen LogP contribution is 2.25. The molecular weight excluding hydrogens is 246 g/mol. The second-order valence-corrected chi connectivity index (χ2v) is 5.80. The molecule has 2 N–H and O–H groups in total. The third-order valence-corrected chi connectivity index (χ3v) is 3.67. The Kier molecular flexibility index (Phi) is 8.36. The Morgan fingerprint density at radius 3 is 2.35 bits per heavy atom. The molecule has 114 valence electrons. The normalized spacial score (nSPS) is 12.4. The highest BCUT2D eigenvalue weighted by atomic mass is 16.5. The van der Waals surface area contributed by atoms with Crippen LogP contribution in [0.4, 0.5) is 0 Å². The summed E-state index contributed by atoms with van der Waals surface area (Å²) in [6.45, 7) is 7.15. The zero-order chi connectivity index (χ0) is 14.8. The molecule has 0 amide bonds. The van der Waals surface area contributed by atoms with Crippen LogP contribution in [-0.4, -0.2) is 6.61 Å². The number of nitrogens with two attached hydrogens (primary N) is 1. The minimum Gasteiger partial charge on any atom is -0.493 e.